The maximum absolute atomic E-state index is 13.5. The Bertz CT molecular complexity index is 362. The summed E-state index contributed by atoms with van der Waals surface area (Å²) in [6, 6.07) is 2.65. The van der Waals surface area contributed by atoms with Gasteiger partial charge in [-0.25, -0.2) is 8.78 Å². The lowest BCUT2D eigenvalue weighted by Crippen LogP contribution is -2.09. The van der Waals surface area contributed by atoms with E-state index in [0.29, 0.717) is 17.9 Å². The van der Waals surface area contributed by atoms with Crippen molar-refractivity contribution in [3.05, 3.63) is 29.3 Å². The normalized spacial score (nSPS) is 20.6. The number of rotatable bonds is 2. The van der Waals surface area contributed by atoms with Crippen molar-refractivity contribution in [2.24, 2.45) is 0 Å². The van der Waals surface area contributed by atoms with E-state index in [9.17, 15) is 8.78 Å². The molecule has 1 aliphatic rings. The number of benzene rings is 1. The van der Waals surface area contributed by atoms with Crippen LogP contribution in [0.4, 0.5) is 8.78 Å². The summed E-state index contributed by atoms with van der Waals surface area (Å²) in [7, 11) is 1.45. The molecule has 82 valence electrons. The highest BCUT2D eigenvalue weighted by Gasteiger charge is 2.22. The van der Waals surface area contributed by atoms with Crippen molar-refractivity contribution >= 4 is 0 Å². The van der Waals surface area contributed by atoms with Gasteiger partial charge in [0.25, 0.3) is 0 Å². The van der Waals surface area contributed by atoms with Gasteiger partial charge in [-0.3, -0.25) is 0 Å². The summed E-state index contributed by atoms with van der Waals surface area (Å²) in [5, 5.41) is 3.13. The monoisotopic (exact) mass is 213 g/mol. The molecule has 0 radical (unpaired) electrons. The molecule has 4 heteroatoms. The highest BCUT2D eigenvalue weighted by atomic mass is 19.2. The standard InChI is InChI=1S/C11H13F2NO/c1-15-8-4-9(7-2-3-14-6-7)11(13)10(12)5-8/h4-5,7,14H,2-3,6H2,1H3. The number of methoxy groups -OCH3 is 1. The maximum Gasteiger partial charge on any atom is 0.162 e. The molecule has 1 aliphatic heterocycles. The van der Waals surface area contributed by atoms with Crippen molar-refractivity contribution in [3.8, 4) is 5.75 Å². The lowest BCUT2D eigenvalue weighted by atomic mass is 9.97. The second-order valence-corrected chi connectivity index (χ2v) is 3.70. The zero-order valence-electron chi connectivity index (χ0n) is 8.52. The molecule has 1 unspecified atom stereocenters. The molecule has 1 N–H and O–H groups in total. The SMILES string of the molecule is COc1cc(F)c(F)c(C2CCNC2)c1. The molecular formula is C11H13F2NO. The van der Waals surface area contributed by atoms with Crippen LogP contribution >= 0.6 is 0 Å². The van der Waals surface area contributed by atoms with Crippen molar-refractivity contribution in [2.75, 3.05) is 20.2 Å². The van der Waals surface area contributed by atoms with Crippen molar-refractivity contribution < 1.29 is 13.5 Å². The third-order valence-corrected chi connectivity index (χ3v) is 2.77. The van der Waals surface area contributed by atoms with Crippen LogP contribution in [0, 0.1) is 11.6 Å². The number of halogens is 2. The van der Waals surface area contributed by atoms with E-state index in [1.54, 1.807) is 6.07 Å². The van der Waals surface area contributed by atoms with Gasteiger partial charge in [0, 0.05) is 18.5 Å². The predicted octanol–water partition coefficient (Wildman–Crippen LogP) is 2.05. The van der Waals surface area contributed by atoms with Gasteiger partial charge < -0.3 is 10.1 Å². The van der Waals surface area contributed by atoms with Gasteiger partial charge in [-0.2, -0.15) is 0 Å². The molecule has 0 aromatic heterocycles. The molecule has 1 heterocycles. The first kappa shape index (κ1) is 10.4. The predicted molar refractivity (Wildman–Crippen MR) is 53.1 cm³/mol. The molecule has 1 saturated heterocycles. The van der Waals surface area contributed by atoms with Crippen molar-refractivity contribution in [1.82, 2.24) is 5.32 Å². The Kier molecular flexibility index (Phi) is 2.86. The fourth-order valence-electron chi connectivity index (χ4n) is 1.92. The number of hydrogen-bond acceptors (Lipinski definition) is 2. The van der Waals surface area contributed by atoms with E-state index in [4.69, 9.17) is 4.74 Å². The van der Waals surface area contributed by atoms with Crippen molar-refractivity contribution in [1.29, 1.82) is 0 Å². The summed E-state index contributed by atoms with van der Waals surface area (Å²) in [6.45, 7) is 1.55. The fourth-order valence-corrected chi connectivity index (χ4v) is 1.92. The highest BCUT2D eigenvalue weighted by molar-refractivity contribution is 5.34. The number of nitrogens with one attached hydrogen (secondary N) is 1. The molecular weight excluding hydrogens is 200 g/mol. The quantitative estimate of drug-likeness (QED) is 0.811. The number of hydrogen-bond donors (Lipinski definition) is 1. The topological polar surface area (TPSA) is 21.3 Å². The first-order chi connectivity index (χ1) is 7.22. The van der Waals surface area contributed by atoms with Gasteiger partial charge in [0.05, 0.1) is 7.11 Å². The first-order valence-corrected chi connectivity index (χ1v) is 4.96. The van der Waals surface area contributed by atoms with E-state index in [1.807, 2.05) is 0 Å². The fraction of sp³-hybridized carbons (Fsp3) is 0.455. The summed E-state index contributed by atoms with van der Waals surface area (Å²) in [4.78, 5) is 0. The smallest absolute Gasteiger partial charge is 0.162 e. The largest absolute Gasteiger partial charge is 0.497 e. The van der Waals surface area contributed by atoms with Crippen LogP contribution in [0.5, 0.6) is 5.75 Å². The number of ether oxygens (including phenoxy) is 1. The first-order valence-electron chi connectivity index (χ1n) is 4.96. The van der Waals surface area contributed by atoms with Crippen molar-refractivity contribution in [3.63, 3.8) is 0 Å². The third-order valence-electron chi connectivity index (χ3n) is 2.77. The molecule has 1 fully saturated rings. The van der Waals surface area contributed by atoms with Crippen LogP contribution in [0.15, 0.2) is 12.1 Å². The molecule has 0 aliphatic carbocycles. The highest BCUT2D eigenvalue weighted by Crippen LogP contribution is 2.29. The van der Waals surface area contributed by atoms with E-state index in [1.165, 1.54) is 7.11 Å². The van der Waals surface area contributed by atoms with Crippen molar-refractivity contribution in [2.45, 2.75) is 12.3 Å². The summed E-state index contributed by atoms with van der Waals surface area (Å²) < 4.78 is 31.6. The van der Waals surface area contributed by atoms with Gasteiger partial charge in [-0.15, -0.1) is 0 Å². The summed E-state index contributed by atoms with van der Waals surface area (Å²) in [5.41, 5.74) is 0.414. The Morgan fingerprint density at radius 3 is 2.80 bits per heavy atom. The average molecular weight is 213 g/mol. The minimum atomic E-state index is -0.837. The van der Waals surface area contributed by atoms with Gasteiger partial charge in [0.2, 0.25) is 0 Å². The molecule has 1 aromatic carbocycles. The molecule has 2 nitrogen and oxygen atoms in total. The Balaban J connectivity index is 2.39. The molecule has 0 saturated carbocycles. The van der Waals surface area contributed by atoms with Gasteiger partial charge in [-0.05, 0) is 24.6 Å². The van der Waals surface area contributed by atoms with Gasteiger partial charge in [0.15, 0.2) is 11.6 Å². The Hall–Kier alpha value is -1.16. The van der Waals surface area contributed by atoms with E-state index >= 15 is 0 Å². The zero-order chi connectivity index (χ0) is 10.8. The molecule has 0 amide bonds. The lowest BCUT2D eigenvalue weighted by molar-refractivity contribution is 0.403. The molecule has 15 heavy (non-hydrogen) atoms. The van der Waals surface area contributed by atoms with Crippen LogP contribution in [0.1, 0.15) is 17.9 Å². The van der Waals surface area contributed by atoms with Crippen LogP contribution in [-0.2, 0) is 0 Å². The van der Waals surface area contributed by atoms with Crippen LogP contribution < -0.4 is 10.1 Å². The summed E-state index contributed by atoms with van der Waals surface area (Å²) in [5.74, 6) is -1.16. The Morgan fingerprint density at radius 1 is 1.40 bits per heavy atom. The third kappa shape index (κ3) is 1.95. The second kappa shape index (κ2) is 4.14. The molecule has 0 spiro atoms. The van der Waals surface area contributed by atoms with E-state index in [0.717, 1.165) is 19.0 Å². The van der Waals surface area contributed by atoms with Crippen LogP contribution in [0.3, 0.4) is 0 Å². The lowest BCUT2D eigenvalue weighted by Gasteiger charge is -2.12. The molecule has 0 bridgehead atoms. The van der Waals surface area contributed by atoms with Gasteiger partial charge in [0.1, 0.15) is 5.75 Å². The molecule has 1 atom stereocenters. The van der Waals surface area contributed by atoms with Gasteiger partial charge in [-0.1, -0.05) is 0 Å². The van der Waals surface area contributed by atoms with Crippen LogP contribution in [-0.4, -0.2) is 20.2 Å². The van der Waals surface area contributed by atoms with Crippen LogP contribution in [0.2, 0.25) is 0 Å². The summed E-state index contributed by atoms with van der Waals surface area (Å²) in [6.07, 6.45) is 0.837. The van der Waals surface area contributed by atoms with E-state index < -0.39 is 11.6 Å². The Morgan fingerprint density at radius 2 is 2.20 bits per heavy atom. The molecule has 2 rings (SSSR count). The zero-order valence-corrected chi connectivity index (χ0v) is 8.52. The summed E-state index contributed by atoms with van der Waals surface area (Å²) >= 11 is 0. The maximum atomic E-state index is 13.5. The average Bonchev–Trinajstić information content (AvgIpc) is 2.75. The molecule has 1 aromatic rings. The minimum Gasteiger partial charge on any atom is -0.497 e. The Labute approximate surface area is 87.2 Å². The second-order valence-electron chi connectivity index (χ2n) is 3.70. The van der Waals surface area contributed by atoms with Crippen LogP contribution in [0.25, 0.3) is 0 Å². The van der Waals surface area contributed by atoms with Gasteiger partial charge >= 0.3 is 0 Å². The van der Waals surface area contributed by atoms with E-state index in [-0.39, 0.29) is 5.92 Å². The minimum absolute atomic E-state index is 0.0506. The van der Waals surface area contributed by atoms with E-state index in [2.05, 4.69) is 5.32 Å².